The Bertz CT molecular complexity index is 696. The van der Waals surface area contributed by atoms with Gasteiger partial charge in [-0.15, -0.1) is 0 Å². The van der Waals surface area contributed by atoms with E-state index in [4.69, 9.17) is 4.74 Å². The normalized spacial score (nSPS) is 15.0. The van der Waals surface area contributed by atoms with E-state index in [-0.39, 0.29) is 5.97 Å². The highest BCUT2D eigenvalue weighted by Gasteiger charge is 2.25. The molecule has 0 fully saturated rings. The number of carbonyl (C=O) groups excluding carboxylic acids is 1. The van der Waals surface area contributed by atoms with E-state index in [0.29, 0.717) is 11.3 Å². The van der Waals surface area contributed by atoms with Crippen LogP contribution in [0.25, 0.3) is 11.8 Å². The van der Waals surface area contributed by atoms with Crippen LogP contribution in [-0.2, 0) is 11.2 Å². The summed E-state index contributed by atoms with van der Waals surface area (Å²) in [5, 5.41) is 0. The molecule has 0 saturated carbocycles. The minimum Gasteiger partial charge on any atom is -0.422 e. The number of unbranched alkanes of at least 4 members (excludes halogenated alkanes) is 2. The molecular weight excluding hydrogens is 272 g/mol. The molecular formula is C20H20O2. The summed E-state index contributed by atoms with van der Waals surface area (Å²) in [6.45, 7) is 2.22. The summed E-state index contributed by atoms with van der Waals surface area (Å²) >= 11 is 0. The molecule has 2 aromatic rings. The molecule has 0 N–H and O–H groups in total. The van der Waals surface area contributed by atoms with Crippen molar-refractivity contribution >= 4 is 17.8 Å². The lowest BCUT2D eigenvalue weighted by atomic mass is 10.0. The lowest BCUT2D eigenvalue weighted by molar-refractivity contribution is 0.0717. The highest BCUT2D eigenvalue weighted by molar-refractivity contribution is 6.05. The Morgan fingerprint density at radius 1 is 0.955 bits per heavy atom. The number of carbonyl (C=O) groups is 1. The Morgan fingerprint density at radius 2 is 1.68 bits per heavy atom. The molecule has 2 heteroatoms. The average Bonchev–Trinajstić information content (AvgIpc) is 2.86. The summed E-state index contributed by atoms with van der Waals surface area (Å²) < 4.78 is 5.37. The van der Waals surface area contributed by atoms with E-state index < -0.39 is 0 Å². The number of fused-ring (bicyclic) bond motifs is 1. The van der Waals surface area contributed by atoms with Crippen molar-refractivity contribution in [1.82, 2.24) is 0 Å². The van der Waals surface area contributed by atoms with Gasteiger partial charge >= 0.3 is 5.97 Å². The summed E-state index contributed by atoms with van der Waals surface area (Å²) in [7, 11) is 0. The smallest absolute Gasteiger partial charge is 0.344 e. The van der Waals surface area contributed by atoms with Crippen molar-refractivity contribution in [2.75, 3.05) is 0 Å². The van der Waals surface area contributed by atoms with Crippen LogP contribution in [0.1, 0.15) is 53.2 Å². The molecule has 0 unspecified atom stereocenters. The first kappa shape index (κ1) is 14.6. The second-order valence-electron chi connectivity index (χ2n) is 5.64. The molecule has 22 heavy (non-hydrogen) atoms. The van der Waals surface area contributed by atoms with Crippen LogP contribution in [0.15, 0.2) is 48.5 Å². The zero-order valence-electron chi connectivity index (χ0n) is 12.8. The quantitative estimate of drug-likeness (QED) is 0.567. The van der Waals surface area contributed by atoms with Crippen molar-refractivity contribution < 1.29 is 9.53 Å². The number of benzene rings is 2. The van der Waals surface area contributed by atoms with E-state index >= 15 is 0 Å². The Kier molecular flexibility index (Phi) is 4.38. The first-order valence-corrected chi connectivity index (χ1v) is 7.90. The minimum atomic E-state index is -0.266. The van der Waals surface area contributed by atoms with Crippen LogP contribution in [0.5, 0.6) is 0 Å². The van der Waals surface area contributed by atoms with Crippen molar-refractivity contribution in [3.05, 3.63) is 70.8 Å². The van der Waals surface area contributed by atoms with Crippen molar-refractivity contribution in [3.8, 4) is 0 Å². The van der Waals surface area contributed by atoms with Gasteiger partial charge < -0.3 is 4.74 Å². The third kappa shape index (κ3) is 3.11. The Morgan fingerprint density at radius 3 is 2.41 bits per heavy atom. The molecule has 2 nitrogen and oxygen atoms in total. The van der Waals surface area contributed by atoms with Crippen LogP contribution in [0.2, 0.25) is 0 Å². The second kappa shape index (κ2) is 6.61. The predicted molar refractivity (Wildman–Crippen MR) is 89.4 cm³/mol. The summed E-state index contributed by atoms with van der Waals surface area (Å²) in [6, 6.07) is 16.0. The van der Waals surface area contributed by atoms with Crippen LogP contribution >= 0.6 is 0 Å². The second-order valence-corrected chi connectivity index (χ2v) is 5.64. The molecule has 0 saturated heterocycles. The highest BCUT2D eigenvalue weighted by Crippen LogP contribution is 2.30. The van der Waals surface area contributed by atoms with E-state index in [0.717, 1.165) is 17.5 Å². The number of cyclic esters (lactones) is 1. The molecule has 0 aromatic heterocycles. The Labute approximate surface area is 131 Å². The summed E-state index contributed by atoms with van der Waals surface area (Å²) in [6.07, 6.45) is 6.82. The summed E-state index contributed by atoms with van der Waals surface area (Å²) in [4.78, 5) is 11.8. The molecule has 3 rings (SSSR count). The third-order valence-electron chi connectivity index (χ3n) is 3.96. The fourth-order valence-electron chi connectivity index (χ4n) is 2.70. The fraction of sp³-hybridized carbons (Fsp3) is 0.250. The van der Waals surface area contributed by atoms with Crippen molar-refractivity contribution in [2.45, 2.75) is 32.6 Å². The van der Waals surface area contributed by atoms with Gasteiger partial charge in [-0.25, -0.2) is 4.79 Å². The van der Waals surface area contributed by atoms with Crippen LogP contribution < -0.4 is 0 Å². The molecule has 1 aliphatic heterocycles. The number of rotatable bonds is 5. The number of esters is 1. The third-order valence-corrected chi connectivity index (χ3v) is 3.96. The number of hydrogen-bond donors (Lipinski definition) is 0. The Hall–Kier alpha value is -2.35. The summed E-state index contributed by atoms with van der Waals surface area (Å²) in [5.41, 5.74) is 3.93. The van der Waals surface area contributed by atoms with Gasteiger partial charge in [0.15, 0.2) is 0 Å². The SMILES string of the molecule is CCCCCc1ccc(/C=C2\OC(=O)c3ccccc32)cc1. The molecule has 0 bridgehead atoms. The number of ether oxygens (including phenoxy) is 1. The Balaban J connectivity index is 1.77. The van der Waals surface area contributed by atoms with Crippen molar-refractivity contribution in [2.24, 2.45) is 0 Å². The number of hydrogen-bond acceptors (Lipinski definition) is 2. The minimum absolute atomic E-state index is 0.266. The predicted octanol–water partition coefficient (Wildman–Crippen LogP) is 5.09. The van der Waals surface area contributed by atoms with Crippen molar-refractivity contribution in [3.63, 3.8) is 0 Å². The van der Waals surface area contributed by atoms with Gasteiger partial charge in [0.1, 0.15) is 5.76 Å². The lowest BCUT2D eigenvalue weighted by Gasteiger charge is -2.03. The van der Waals surface area contributed by atoms with Gasteiger partial charge in [-0.05, 0) is 36.1 Å². The molecule has 0 radical (unpaired) electrons. The lowest BCUT2D eigenvalue weighted by Crippen LogP contribution is -1.92. The standard InChI is InChI=1S/C20H20O2/c1-2-3-4-7-15-10-12-16(13-11-15)14-19-17-8-5-6-9-18(17)20(21)22-19/h5-6,8-14H,2-4,7H2,1H3/b19-14-. The molecule has 2 aromatic carbocycles. The fourth-order valence-corrected chi connectivity index (χ4v) is 2.70. The maximum atomic E-state index is 11.8. The maximum absolute atomic E-state index is 11.8. The molecule has 1 aliphatic rings. The molecule has 0 atom stereocenters. The summed E-state index contributed by atoms with van der Waals surface area (Å²) in [5.74, 6) is 0.373. The van der Waals surface area contributed by atoms with Crippen molar-refractivity contribution in [1.29, 1.82) is 0 Å². The van der Waals surface area contributed by atoms with E-state index in [1.807, 2.05) is 24.3 Å². The van der Waals surface area contributed by atoms with Crippen LogP contribution in [-0.4, -0.2) is 5.97 Å². The maximum Gasteiger partial charge on any atom is 0.344 e. The largest absolute Gasteiger partial charge is 0.422 e. The van der Waals surface area contributed by atoms with Gasteiger partial charge in [-0.2, -0.15) is 0 Å². The molecule has 1 heterocycles. The van der Waals surface area contributed by atoms with Crippen LogP contribution in [0.4, 0.5) is 0 Å². The number of aryl methyl sites for hydroxylation is 1. The molecule has 0 amide bonds. The highest BCUT2D eigenvalue weighted by atomic mass is 16.5. The molecule has 0 spiro atoms. The zero-order chi connectivity index (χ0) is 15.4. The monoisotopic (exact) mass is 292 g/mol. The van der Waals surface area contributed by atoms with Gasteiger partial charge in [0, 0.05) is 5.56 Å². The van der Waals surface area contributed by atoms with E-state index in [1.165, 1.54) is 24.8 Å². The van der Waals surface area contributed by atoms with Gasteiger partial charge in [-0.3, -0.25) is 0 Å². The van der Waals surface area contributed by atoms with E-state index in [2.05, 4.69) is 31.2 Å². The van der Waals surface area contributed by atoms with Gasteiger partial charge in [0.05, 0.1) is 5.56 Å². The van der Waals surface area contributed by atoms with Gasteiger partial charge in [0.25, 0.3) is 0 Å². The van der Waals surface area contributed by atoms with Crippen LogP contribution in [0, 0.1) is 0 Å². The average molecular weight is 292 g/mol. The van der Waals surface area contributed by atoms with Gasteiger partial charge in [0.2, 0.25) is 0 Å². The van der Waals surface area contributed by atoms with E-state index in [1.54, 1.807) is 6.07 Å². The van der Waals surface area contributed by atoms with Crippen LogP contribution in [0.3, 0.4) is 0 Å². The first-order valence-electron chi connectivity index (χ1n) is 7.90. The van der Waals surface area contributed by atoms with Gasteiger partial charge in [-0.1, -0.05) is 62.2 Å². The topological polar surface area (TPSA) is 26.3 Å². The van der Waals surface area contributed by atoms with E-state index in [9.17, 15) is 4.79 Å². The molecule has 0 aliphatic carbocycles. The molecule has 112 valence electrons. The zero-order valence-corrected chi connectivity index (χ0v) is 12.8. The first-order chi connectivity index (χ1) is 10.8.